The van der Waals surface area contributed by atoms with E-state index in [1.54, 1.807) is 35.5 Å². The van der Waals surface area contributed by atoms with Gasteiger partial charge in [-0.25, -0.2) is 0 Å². The molecule has 9 rings (SSSR count). The monoisotopic (exact) mass is 1260 g/mol. The van der Waals surface area contributed by atoms with Crippen LogP contribution in [0.2, 0.25) is 0 Å². The Balaban J connectivity index is 0.000000200. The highest BCUT2D eigenvalue weighted by Crippen LogP contribution is 2.42. The van der Waals surface area contributed by atoms with Gasteiger partial charge in [0.15, 0.2) is 6.79 Å². The van der Waals surface area contributed by atoms with E-state index in [0.717, 1.165) is 136 Å². The maximum Gasteiger partial charge on any atom is 0.189 e. The van der Waals surface area contributed by atoms with Crippen molar-refractivity contribution in [3.63, 3.8) is 0 Å². The minimum Gasteiger partial charge on any atom is -0.507 e. The summed E-state index contributed by atoms with van der Waals surface area (Å²) in [4.78, 5) is 4.53. The lowest BCUT2D eigenvalue weighted by Gasteiger charge is -2.28. The van der Waals surface area contributed by atoms with E-state index < -0.39 is 0 Å². The summed E-state index contributed by atoms with van der Waals surface area (Å²) in [5, 5.41) is 10.3. The first-order valence-electron chi connectivity index (χ1n) is 32.9. The van der Waals surface area contributed by atoms with Crippen molar-refractivity contribution in [3.05, 3.63) is 200 Å². The van der Waals surface area contributed by atoms with Crippen LogP contribution in [0.1, 0.15) is 192 Å². The fourth-order valence-corrected chi connectivity index (χ4v) is 11.1. The third-order valence-electron chi connectivity index (χ3n) is 17.5. The van der Waals surface area contributed by atoms with Crippen molar-refractivity contribution in [2.75, 3.05) is 48.9 Å². The number of ether oxygens (including phenoxy) is 11. The van der Waals surface area contributed by atoms with Gasteiger partial charge in [0, 0.05) is 75.1 Å². The van der Waals surface area contributed by atoms with Crippen LogP contribution in [0.5, 0.6) is 46.0 Å². The van der Waals surface area contributed by atoms with Crippen LogP contribution in [-0.2, 0) is 80.0 Å². The second-order valence-electron chi connectivity index (χ2n) is 25.4. The fourth-order valence-electron chi connectivity index (χ4n) is 11.1. The van der Waals surface area contributed by atoms with Gasteiger partial charge in [-0.05, 0) is 192 Å². The van der Waals surface area contributed by atoms with Crippen LogP contribution in [-0.4, -0.2) is 66.4 Å². The van der Waals surface area contributed by atoms with Crippen LogP contribution in [0.4, 0.5) is 0 Å². The lowest BCUT2D eigenvalue weighted by Crippen LogP contribution is -2.26. The van der Waals surface area contributed by atoms with Gasteiger partial charge in [0.25, 0.3) is 0 Å². The summed E-state index contributed by atoms with van der Waals surface area (Å²) in [6.07, 6.45) is 9.95. The Morgan fingerprint density at radius 3 is 1.42 bits per heavy atom. The van der Waals surface area contributed by atoms with Gasteiger partial charge in [-0.1, -0.05) is 111 Å². The summed E-state index contributed by atoms with van der Waals surface area (Å²) in [5.74, 6) is 8.27. The lowest BCUT2D eigenvalue weighted by molar-refractivity contribution is -0.0568. The summed E-state index contributed by atoms with van der Waals surface area (Å²) in [5.41, 5.74) is 12.8. The van der Waals surface area contributed by atoms with E-state index in [0.29, 0.717) is 76.7 Å². The van der Waals surface area contributed by atoms with Crippen LogP contribution in [0.3, 0.4) is 0 Å². The number of nitrogens with zero attached hydrogens (tertiary/aromatic N) is 1. The van der Waals surface area contributed by atoms with Crippen LogP contribution >= 0.6 is 0 Å². The van der Waals surface area contributed by atoms with E-state index in [4.69, 9.17) is 52.1 Å². The Labute approximate surface area is 549 Å². The molecule has 7 aromatic rings. The van der Waals surface area contributed by atoms with Gasteiger partial charge in [-0.2, -0.15) is 0 Å². The predicted molar refractivity (Wildman–Crippen MR) is 369 cm³/mol. The molecule has 0 radical (unpaired) electrons. The molecule has 1 saturated carbocycles. The van der Waals surface area contributed by atoms with Crippen LogP contribution in [0.25, 0.3) is 0 Å². The molecule has 92 heavy (non-hydrogen) atoms. The molecular formula is C79H103NO12. The number of aromatic hydroxyl groups is 1. The van der Waals surface area contributed by atoms with Crippen molar-refractivity contribution < 1.29 is 57.2 Å². The van der Waals surface area contributed by atoms with E-state index in [2.05, 4.69) is 128 Å². The highest BCUT2D eigenvalue weighted by Gasteiger charge is 2.25. The number of fused-ring (bicyclic) bond motifs is 1. The minimum atomic E-state index is -0.00955. The Bertz CT molecular complexity index is 3270. The second-order valence-corrected chi connectivity index (χ2v) is 25.4. The number of methoxy groups -OCH3 is 5. The van der Waals surface area contributed by atoms with Crippen LogP contribution in [0.15, 0.2) is 138 Å². The van der Waals surface area contributed by atoms with Crippen LogP contribution < -0.4 is 23.7 Å². The van der Waals surface area contributed by atoms with Crippen molar-refractivity contribution in [2.45, 2.75) is 183 Å². The number of aliphatic imine (C=N–C) groups is 1. The SMILES string of the molecule is CCC(C)c1ccc(OCOC2CCC(COc3ccc(COC)cc3)CC2)cc1.CCC(C)c1ccc(OCc2cc(COC)c(O)c(COC)c2)cc1.CCC(C)c1ccc(Oc2ccc(Oc3c(COC)cc(C(C)(C)C)cc3COC)c3c2C=NC3)cc1. The number of benzene rings is 7. The summed E-state index contributed by atoms with van der Waals surface area (Å²) >= 11 is 0. The molecule has 0 aromatic heterocycles. The standard InChI is InChI=1S/C32H39NO4.C26H36O4.C21H28O4/c1-8-21(2)22-9-11-26(12-10-22)36-29-13-14-30(28-18-33-17-27(28)29)37-31-23(19-34-6)15-25(32(3,4)5)16-24(31)20-35-7;1-4-20(2)23-9-15-26(16-10-23)30-19-29-25-13-7-22(8-14-25)18-28-24-11-5-21(6-12-24)17-27-3;1-5-15(2)17-6-8-20(9-7-17)25-12-16-10-18(13-23-3)21(22)19(11-16)14-24-4/h9-17,21H,8,18-20H2,1-7H3;5-6,9-12,15-16,20,22,25H,4,7-8,13-14,17-19H2,1-3H3;6-11,15,22H,5,12-14H2,1-4H3. The summed E-state index contributed by atoms with van der Waals surface area (Å²) < 4.78 is 63.1. The Morgan fingerprint density at radius 2 is 0.935 bits per heavy atom. The van der Waals surface area contributed by atoms with Crippen molar-refractivity contribution >= 4 is 6.21 Å². The van der Waals surface area contributed by atoms with E-state index in [1.165, 1.54) is 22.3 Å². The first-order chi connectivity index (χ1) is 44.5. The maximum atomic E-state index is 10.3. The zero-order chi connectivity index (χ0) is 66.0. The zero-order valence-corrected chi connectivity index (χ0v) is 57.4. The van der Waals surface area contributed by atoms with Gasteiger partial charge in [0.05, 0.1) is 52.3 Å². The number of hydrogen-bond acceptors (Lipinski definition) is 13. The van der Waals surface area contributed by atoms with Gasteiger partial charge in [0.1, 0.15) is 52.6 Å². The average molecular weight is 1260 g/mol. The average Bonchev–Trinajstić information content (AvgIpc) is 1.35. The third kappa shape index (κ3) is 21.4. The predicted octanol–water partition coefficient (Wildman–Crippen LogP) is 19.4. The number of hydrogen-bond donors (Lipinski definition) is 1. The molecule has 3 atom stereocenters. The molecule has 1 N–H and O–H groups in total. The summed E-state index contributed by atoms with van der Waals surface area (Å²) in [6.45, 7) is 24.2. The first kappa shape index (κ1) is 72.2. The van der Waals surface area contributed by atoms with Gasteiger partial charge >= 0.3 is 0 Å². The van der Waals surface area contributed by atoms with Crippen molar-refractivity contribution in [3.8, 4) is 46.0 Å². The van der Waals surface area contributed by atoms with Crippen molar-refractivity contribution in [1.29, 1.82) is 0 Å². The largest absolute Gasteiger partial charge is 0.507 e. The molecule has 2 aliphatic rings. The molecule has 0 saturated heterocycles. The quantitative estimate of drug-likeness (QED) is 0.0430. The summed E-state index contributed by atoms with van der Waals surface area (Å²) in [7, 11) is 8.34. The molecular weight excluding hydrogens is 1150 g/mol. The van der Waals surface area contributed by atoms with Gasteiger partial charge < -0.3 is 57.2 Å². The fraction of sp³-hybridized carbons (Fsp3) is 0.456. The first-order valence-corrected chi connectivity index (χ1v) is 32.9. The smallest absolute Gasteiger partial charge is 0.189 e. The molecule has 1 aliphatic carbocycles. The highest BCUT2D eigenvalue weighted by atomic mass is 16.7. The molecule has 496 valence electrons. The van der Waals surface area contributed by atoms with Crippen LogP contribution in [0, 0.1) is 5.92 Å². The summed E-state index contributed by atoms with van der Waals surface area (Å²) in [6, 6.07) is 45.3. The van der Waals surface area contributed by atoms with Gasteiger partial charge in [-0.3, -0.25) is 4.99 Å². The normalized spacial score (nSPS) is 15.2. The van der Waals surface area contributed by atoms with Crippen molar-refractivity contribution in [1.82, 2.24) is 0 Å². The molecule has 0 spiro atoms. The Hall–Kier alpha value is -7.23. The molecule has 13 heteroatoms. The molecule has 0 bridgehead atoms. The van der Waals surface area contributed by atoms with Crippen molar-refractivity contribution in [2.24, 2.45) is 10.9 Å². The molecule has 13 nitrogen and oxygen atoms in total. The maximum absolute atomic E-state index is 10.3. The molecule has 7 aromatic carbocycles. The number of phenols is 1. The van der Waals surface area contributed by atoms with E-state index in [1.807, 2.05) is 79.0 Å². The topological polar surface area (TPSA) is 134 Å². The Kier molecular flexibility index (Phi) is 28.9. The molecule has 1 heterocycles. The van der Waals surface area contributed by atoms with E-state index >= 15 is 0 Å². The second kappa shape index (κ2) is 36.9. The zero-order valence-electron chi connectivity index (χ0n) is 57.4. The van der Waals surface area contributed by atoms with E-state index in [9.17, 15) is 5.11 Å². The lowest BCUT2D eigenvalue weighted by atomic mass is 9.84. The molecule has 3 unspecified atom stereocenters. The minimum absolute atomic E-state index is 0.00955. The van der Waals surface area contributed by atoms with Gasteiger partial charge in [-0.15, -0.1) is 0 Å². The molecule has 0 amide bonds. The Morgan fingerprint density at radius 1 is 0.478 bits per heavy atom. The van der Waals surface area contributed by atoms with Gasteiger partial charge in [0.2, 0.25) is 0 Å². The molecule has 1 aliphatic heterocycles. The third-order valence-corrected chi connectivity index (χ3v) is 17.5. The van der Waals surface area contributed by atoms with E-state index in [-0.39, 0.29) is 17.3 Å². The molecule has 1 fully saturated rings. The number of rotatable bonds is 30. The number of phenolic OH excluding ortho intramolecular Hbond substituents is 1. The highest BCUT2D eigenvalue weighted by molar-refractivity contribution is 5.89.